The highest BCUT2D eigenvalue weighted by atomic mass is 32.1. The second-order valence-corrected chi connectivity index (χ2v) is 5.09. The van der Waals surface area contributed by atoms with E-state index in [0.717, 1.165) is 11.3 Å². The normalized spacial score (nSPS) is 10.7. The highest BCUT2D eigenvalue weighted by Crippen LogP contribution is 2.17. The summed E-state index contributed by atoms with van der Waals surface area (Å²) in [5, 5.41) is 0. The van der Waals surface area contributed by atoms with Crippen LogP contribution in [-0.4, -0.2) is 9.55 Å². The Hall–Kier alpha value is -0.870. The lowest BCUT2D eigenvalue weighted by atomic mass is 10.4. The maximum Gasteiger partial charge on any atom is 0.177 e. The first-order chi connectivity index (χ1) is 6.66. The number of nitrogens with zero attached hydrogens (tertiary/aromatic N) is 1. The summed E-state index contributed by atoms with van der Waals surface area (Å²) < 4.78 is 2.91. The molecule has 0 aliphatic heterocycles. The van der Waals surface area contributed by atoms with Gasteiger partial charge in [0.1, 0.15) is 0 Å². The third-order valence-corrected chi connectivity index (χ3v) is 3.51. The summed E-state index contributed by atoms with van der Waals surface area (Å²) in [5.41, 5.74) is 1.18. The highest BCUT2D eigenvalue weighted by Gasteiger charge is 2.02. The van der Waals surface area contributed by atoms with E-state index in [1.54, 1.807) is 0 Å². The molecule has 0 radical (unpaired) electrons. The van der Waals surface area contributed by atoms with Crippen LogP contribution in [-0.2, 0) is 6.54 Å². The quantitative estimate of drug-likeness (QED) is 0.776. The minimum absolute atomic E-state index is 0.800. The Morgan fingerprint density at radius 2 is 2.21 bits per heavy atom. The van der Waals surface area contributed by atoms with Crippen molar-refractivity contribution in [2.24, 2.45) is 0 Å². The average Bonchev–Trinajstić information content (AvgIpc) is 2.67. The van der Waals surface area contributed by atoms with Crippen LogP contribution >= 0.6 is 23.6 Å². The maximum absolute atomic E-state index is 5.19. The standard InChI is InChI=1S/C10H12N2S2/c1-7-5-11-10(13)12(7)6-9-4-3-8(2)14-9/h3-5H,6H2,1-2H3,(H,11,13). The molecule has 0 amide bonds. The number of hydrogen-bond donors (Lipinski definition) is 1. The van der Waals surface area contributed by atoms with Crippen molar-refractivity contribution in [3.63, 3.8) is 0 Å². The van der Waals surface area contributed by atoms with E-state index < -0.39 is 0 Å². The van der Waals surface area contributed by atoms with Crippen molar-refractivity contribution < 1.29 is 0 Å². The van der Waals surface area contributed by atoms with E-state index in [0.29, 0.717) is 0 Å². The summed E-state index contributed by atoms with van der Waals surface area (Å²) in [6.45, 7) is 5.07. The molecule has 2 aromatic heterocycles. The fourth-order valence-corrected chi connectivity index (χ4v) is 2.55. The Labute approximate surface area is 92.2 Å². The first-order valence-corrected chi connectivity index (χ1v) is 5.69. The van der Waals surface area contributed by atoms with Crippen molar-refractivity contribution in [1.29, 1.82) is 0 Å². The van der Waals surface area contributed by atoms with Gasteiger partial charge in [-0.05, 0) is 38.2 Å². The molecule has 0 unspecified atom stereocenters. The summed E-state index contributed by atoms with van der Waals surface area (Å²) in [7, 11) is 0. The van der Waals surface area contributed by atoms with Gasteiger partial charge in [0.15, 0.2) is 4.77 Å². The number of imidazole rings is 1. The van der Waals surface area contributed by atoms with Crippen molar-refractivity contribution >= 4 is 23.6 Å². The van der Waals surface area contributed by atoms with Gasteiger partial charge >= 0.3 is 0 Å². The van der Waals surface area contributed by atoms with E-state index in [4.69, 9.17) is 12.2 Å². The van der Waals surface area contributed by atoms with Crippen molar-refractivity contribution in [3.8, 4) is 0 Å². The molecule has 0 aliphatic rings. The van der Waals surface area contributed by atoms with E-state index in [-0.39, 0.29) is 0 Å². The molecule has 0 saturated heterocycles. The summed E-state index contributed by atoms with van der Waals surface area (Å²) in [6, 6.07) is 4.31. The van der Waals surface area contributed by atoms with Crippen LogP contribution < -0.4 is 0 Å². The zero-order chi connectivity index (χ0) is 10.1. The Kier molecular flexibility index (Phi) is 2.56. The number of rotatable bonds is 2. The molecule has 2 rings (SSSR count). The number of hydrogen-bond acceptors (Lipinski definition) is 2. The van der Waals surface area contributed by atoms with E-state index in [1.165, 1.54) is 15.4 Å². The molecule has 2 heterocycles. The van der Waals surface area contributed by atoms with E-state index >= 15 is 0 Å². The molecule has 0 aromatic carbocycles. The van der Waals surface area contributed by atoms with Gasteiger partial charge in [-0.2, -0.15) is 0 Å². The molecule has 0 atom stereocenters. The Balaban J connectivity index is 2.31. The second-order valence-electron chi connectivity index (χ2n) is 3.33. The number of thiophene rings is 1. The molecule has 0 saturated carbocycles. The molecule has 2 nitrogen and oxygen atoms in total. The topological polar surface area (TPSA) is 20.7 Å². The van der Waals surface area contributed by atoms with Crippen LogP contribution in [0.5, 0.6) is 0 Å². The molecule has 4 heteroatoms. The predicted molar refractivity (Wildman–Crippen MR) is 62.5 cm³/mol. The van der Waals surface area contributed by atoms with Crippen LogP contribution in [0.4, 0.5) is 0 Å². The van der Waals surface area contributed by atoms with Crippen molar-refractivity contribution in [3.05, 3.63) is 38.5 Å². The lowest BCUT2D eigenvalue weighted by Crippen LogP contribution is -1.99. The Morgan fingerprint density at radius 3 is 2.71 bits per heavy atom. The van der Waals surface area contributed by atoms with Gasteiger partial charge in [-0.3, -0.25) is 0 Å². The number of nitrogens with one attached hydrogen (secondary N) is 1. The third-order valence-electron chi connectivity index (χ3n) is 2.19. The highest BCUT2D eigenvalue weighted by molar-refractivity contribution is 7.71. The molecule has 74 valence electrons. The summed E-state index contributed by atoms with van der Waals surface area (Å²) >= 11 is 7.01. The molecular weight excluding hydrogens is 212 g/mol. The number of aromatic amines is 1. The van der Waals surface area contributed by atoms with Gasteiger partial charge in [0, 0.05) is 21.6 Å². The molecule has 0 spiro atoms. The third kappa shape index (κ3) is 1.81. The lowest BCUT2D eigenvalue weighted by molar-refractivity contribution is 0.768. The molecular formula is C10H12N2S2. The fraction of sp³-hybridized carbons (Fsp3) is 0.300. The van der Waals surface area contributed by atoms with Crippen LogP contribution in [0.25, 0.3) is 0 Å². The molecule has 1 N–H and O–H groups in total. The molecule has 2 aromatic rings. The summed E-state index contributed by atoms with van der Waals surface area (Å²) in [4.78, 5) is 5.74. The monoisotopic (exact) mass is 224 g/mol. The maximum atomic E-state index is 5.19. The minimum atomic E-state index is 0.800. The zero-order valence-electron chi connectivity index (χ0n) is 8.20. The lowest BCUT2D eigenvalue weighted by Gasteiger charge is -2.01. The van der Waals surface area contributed by atoms with Crippen molar-refractivity contribution in [2.45, 2.75) is 20.4 Å². The van der Waals surface area contributed by atoms with Gasteiger partial charge < -0.3 is 9.55 Å². The predicted octanol–water partition coefficient (Wildman–Crippen LogP) is 3.27. The first kappa shape index (κ1) is 9.68. The minimum Gasteiger partial charge on any atom is -0.337 e. The van der Waals surface area contributed by atoms with Gasteiger partial charge in [0.05, 0.1) is 6.54 Å². The molecule has 14 heavy (non-hydrogen) atoms. The Morgan fingerprint density at radius 1 is 1.43 bits per heavy atom. The van der Waals surface area contributed by atoms with Gasteiger partial charge in [-0.25, -0.2) is 0 Å². The van der Waals surface area contributed by atoms with Crippen LogP contribution in [0.2, 0.25) is 0 Å². The average molecular weight is 224 g/mol. The van der Waals surface area contributed by atoms with Gasteiger partial charge in [0.25, 0.3) is 0 Å². The molecule has 0 aliphatic carbocycles. The van der Waals surface area contributed by atoms with E-state index in [2.05, 4.69) is 35.5 Å². The summed E-state index contributed by atoms with van der Waals surface area (Å²) in [5.74, 6) is 0. The second kappa shape index (κ2) is 3.71. The van der Waals surface area contributed by atoms with Crippen molar-refractivity contribution in [1.82, 2.24) is 9.55 Å². The van der Waals surface area contributed by atoms with Crippen LogP contribution in [0.15, 0.2) is 18.3 Å². The molecule has 0 bridgehead atoms. The van der Waals surface area contributed by atoms with Gasteiger partial charge in [-0.1, -0.05) is 0 Å². The van der Waals surface area contributed by atoms with Gasteiger partial charge in [0.2, 0.25) is 0 Å². The van der Waals surface area contributed by atoms with E-state index in [1.807, 2.05) is 17.5 Å². The van der Waals surface area contributed by atoms with Crippen molar-refractivity contribution in [2.75, 3.05) is 0 Å². The number of aryl methyl sites for hydroxylation is 2. The smallest absolute Gasteiger partial charge is 0.177 e. The largest absolute Gasteiger partial charge is 0.337 e. The number of H-pyrrole nitrogens is 1. The fourth-order valence-electron chi connectivity index (χ4n) is 1.40. The van der Waals surface area contributed by atoms with Gasteiger partial charge in [-0.15, -0.1) is 11.3 Å². The van der Waals surface area contributed by atoms with Crippen LogP contribution in [0, 0.1) is 18.6 Å². The summed E-state index contributed by atoms with van der Waals surface area (Å²) in [6.07, 6.45) is 1.95. The first-order valence-electron chi connectivity index (χ1n) is 4.47. The number of aromatic nitrogens is 2. The molecule has 0 fully saturated rings. The SMILES string of the molecule is Cc1ccc(Cn2c(C)c[nH]c2=S)s1. The van der Waals surface area contributed by atoms with Crippen LogP contribution in [0.1, 0.15) is 15.4 Å². The van der Waals surface area contributed by atoms with Crippen LogP contribution in [0.3, 0.4) is 0 Å². The Bertz CT molecular complexity index is 490. The van der Waals surface area contributed by atoms with E-state index in [9.17, 15) is 0 Å². The zero-order valence-corrected chi connectivity index (χ0v) is 9.84.